The fraction of sp³-hybridized carbons (Fsp3) is 0.447. The van der Waals surface area contributed by atoms with Crippen LogP contribution in [0.15, 0.2) is 72.8 Å². The molecule has 0 amide bonds. The second kappa shape index (κ2) is 18.0. The fourth-order valence-electron chi connectivity index (χ4n) is 5.57. The Morgan fingerprint density at radius 1 is 0.640 bits per heavy atom. The number of carbonyl (C=O) groups is 3. The van der Waals surface area contributed by atoms with E-state index in [1.165, 1.54) is 7.11 Å². The molecule has 3 aromatic carbocycles. The van der Waals surface area contributed by atoms with Gasteiger partial charge in [-0.2, -0.15) is 0 Å². The summed E-state index contributed by atoms with van der Waals surface area (Å²) in [5.41, 5.74) is 3.65. The summed E-state index contributed by atoms with van der Waals surface area (Å²) in [7, 11) is 1.36. The number of nitrogens with zero attached hydrogens (tertiary/aromatic N) is 1. The molecule has 270 valence electrons. The van der Waals surface area contributed by atoms with Gasteiger partial charge >= 0.3 is 17.9 Å². The lowest BCUT2D eigenvalue weighted by molar-refractivity contribution is -0.291. The normalized spacial score (nSPS) is 21.2. The molecule has 0 N–H and O–H groups in total. The Labute approximate surface area is 296 Å². The Balaban J connectivity index is 1.76. The molecule has 0 radical (unpaired) electrons. The SMILES string of the molecule is CO[C@H]1O[C@H](COP(OC)N(C(C)C)C(C)C)[C@@H](OC(=O)c2ccc(C)cc2)[C@H](OC(=O)c2ccc(C)cc2)[C@@H]1OC(=O)c1ccc(C)cc1. The molecule has 0 saturated carbocycles. The van der Waals surface area contributed by atoms with Crippen LogP contribution in [0.4, 0.5) is 0 Å². The van der Waals surface area contributed by atoms with Crippen molar-refractivity contribution in [3.8, 4) is 0 Å². The maximum Gasteiger partial charge on any atom is 0.338 e. The Hall–Kier alpha value is -3.70. The van der Waals surface area contributed by atoms with E-state index in [2.05, 4.69) is 4.67 Å². The van der Waals surface area contributed by atoms with Crippen molar-refractivity contribution in [2.24, 2.45) is 0 Å². The highest BCUT2D eigenvalue weighted by atomic mass is 31.2. The van der Waals surface area contributed by atoms with Crippen molar-refractivity contribution in [3.05, 3.63) is 106 Å². The van der Waals surface area contributed by atoms with Crippen molar-refractivity contribution >= 4 is 26.4 Å². The van der Waals surface area contributed by atoms with Crippen molar-refractivity contribution in [3.63, 3.8) is 0 Å². The van der Waals surface area contributed by atoms with Crippen LogP contribution < -0.4 is 0 Å². The fourth-order valence-corrected chi connectivity index (χ4v) is 7.03. The van der Waals surface area contributed by atoms with Gasteiger partial charge in [-0.05, 0) is 84.9 Å². The third kappa shape index (κ3) is 9.96. The summed E-state index contributed by atoms with van der Waals surface area (Å²) in [6.07, 6.45) is -6.30. The van der Waals surface area contributed by atoms with Gasteiger partial charge in [0.25, 0.3) is 8.53 Å². The average molecular weight is 710 g/mol. The number of aryl methyl sites for hydroxylation is 3. The number of hydrogen-bond acceptors (Lipinski definition) is 11. The molecule has 11 nitrogen and oxygen atoms in total. The maximum absolute atomic E-state index is 13.7. The van der Waals surface area contributed by atoms with Crippen LogP contribution in [-0.2, 0) is 32.7 Å². The molecule has 0 bridgehead atoms. The minimum absolute atomic E-state index is 0.0870. The summed E-state index contributed by atoms with van der Waals surface area (Å²) < 4.78 is 44.5. The summed E-state index contributed by atoms with van der Waals surface area (Å²) in [6.45, 7) is 13.7. The van der Waals surface area contributed by atoms with Crippen LogP contribution in [0.5, 0.6) is 0 Å². The van der Waals surface area contributed by atoms with Gasteiger partial charge in [0.15, 0.2) is 24.6 Å². The first-order chi connectivity index (χ1) is 23.8. The standard InChI is InChI=1S/C38H48NO10P/c1-23(2)39(24(3)4)50(44-9)45-22-31-32(47-35(40)28-16-10-25(5)11-17-28)33(48-36(41)29-18-12-26(6)13-19-29)34(38(43-8)46-31)49-37(42)30-20-14-27(7)15-21-30/h10-21,23-24,31-34,38H,22H2,1-9H3/t31-,32-,33+,34+,38+,50?/m1/s1. The summed E-state index contributed by atoms with van der Waals surface area (Å²) in [5, 5.41) is 0. The summed E-state index contributed by atoms with van der Waals surface area (Å²) in [6, 6.07) is 20.7. The number of rotatable bonds is 14. The lowest BCUT2D eigenvalue weighted by Gasteiger charge is -2.44. The van der Waals surface area contributed by atoms with Gasteiger partial charge in [-0.15, -0.1) is 0 Å². The highest BCUT2D eigenvalue weighted by molar-refractivity contribution is 7.44. The number of carbonyl (C=O) groups excluding carboxylic acids is 3. The average Bonchev–Trinajstić information content (AvgIpc) is 3.08. The predicted molar refractivity (Wildman–Crippen MR) is 189 cm³/mol. The molecule has 0 spiro atoms. The van der Waals surface area contributed by atoms with Crippen molar-refractivity contribution < 1.29 is 47.1 Å². The maximum atomic E-state index is 13.7. The first kappa shape index (κ1) is 39.1. The van der Waals surface area contributed by atoms with Gasteiger partial charge in [0, 0.05) is 26.3 Å². The van der Waals surface area contributed by atoms with Crippen LogP contribution in [0.25, 0.3) is 0 Å². The van der Waals surface area contributed by atoms with Crippen LogP contribution in [0.2, 0.25) is 0 Å². The first-order valence-corrected chi connectivity index (χ1v) is 17.7. The molecule has 4 rings (SSSR count). The van der Waals surface area contributed by atoms with Gasteiger partial charge in [-0.25, -0.2) is 19.1 Å². The molecule has 50 heavy (non-hydrogen) atoms. The number of esters is 3. The number of methoxy groups -OCH3 is 1. The predicted octanol–water partition coefficient (Wildman–Crippen LogP) is 6.97. The van der Waals surface area contributed by atoms with Crippen molar-refractivity contribution in [1.82, 2.24) is 4.67 Å². The molecule has 0 aliphatic carbocycles. The Bertz CT molecular complexity index is 1550. The molecule has 1 heterocycles. The molecular weight excluding hydrogens is 661 g/mol. The highest BCUT2D eigenvalue weighted by Crippen LogP contribution is 2.46. The van der Waals surface area contributed by atoms with Crippen LogP contribution in [0.3, 0.4) is 0 Å². The lowest BCUT2D eigenvalue weighted by Crippen LogP contribution is -2.62. The third-order valence-electron chi connectivity index (χ3n) is 8.17. The van der Waals surface area contributed by atoms with Crippen LogP contribution in [0.1, 0.15) is 75.5 Å². The summed E-state index contributed by atoms with van der Waals surface area (Å²) in [5.74, 6) is -2.12. The van der Waals surface area contributed by atoms with Gasteiger partial charge < -0.3 is 32.7 Å². The number of hydrogen-bond donors (Lipinski definition) is 0. The van der Waals surface area contributed by atoms with Gasteiger partial charge in [0.1, 0.15) is 6.10 Å². The Morgan fingerprint density at radius 3 is 1.38 bits per heavy atom. The topological polar surface area (TPSA) is 119 Å². The number of ether oxygens (including phenoxy) is 5. The zero-order chi connectivity index (χ0) is 36.5. The van der Waals surface area contributed by atoms with E-state index in [9.17, 15) is 14.4 Å². The van der Waals surface area contributed by atoms with E-state index in [1.54, 1.807) is 79.9 Å². The summed E-state index contributed by atoms with van der Waals surface area (Å²) >= 11 is 0. The third-order valence-corrected chi connectivity index (χ3v) is 10.2. The molecule has 1 fully saturated rings. The zero-order valence-electron chi connectivity index (χ0n) is 30.2. The highest BCUT2D eigenvalue weighted by Gasteiger charge is 2.53. The van der Waals surface area contributed by atoms with E-state index in [-0.39, 0.29) is 35.4 Å². The van der Waals surface area contributed by atoms with Crippen LogP contribution >= 0.6 is 8.53 Å². The molecule has 1 unspecified atom stereocenters. The smallest absolute Gasteiger partial charge is 0.338 e. The van der Waals surface area contributed by atoms with E-state index < -0.39 is 57.1 Å². The van der Waals surface area contributed by atoms with Crippen molar-refractivity contribution in [2.75, 3.05) is 20.8 Å². The molecular formula is C38H48NO10P. The van der Waals surface area contributed by atoms with Gasteiger partial charge in [0.05, 0.1) is 23.3 Å². The van der Waals surface area contributed by atoms with Crippen molar-refractivity contribution in [2.45, 2.75) is 91.3 Å². The Kier molecular flexibility index (Phi) is 14.1. The largest absolute Gasteiger partial charge is 0.452 e. The quantitative estimate of drug-likeness (QED) is 0.0981. The number of benzene rings is 3. The molecule has 1 saturated heterocycles. The minimum Gasteiger partial charge on any atom is -0.452 e. The first-order valence-electron chi connectivity index (χ1n) is 16.6. The van der Waals surface area contributed by atoms with E-state index in [0.29, 0.717) is 0 Å². The molecule has 1 aliphatic rings. The van der Waals surface area contributed by atoms with E-state index >= 15 is 0 Å². The molecule has 12 heteroatoms. The van der Waals surface area contributed by atoms with E-state index in [0.717, 1.165) is 16.7 Å². The van der Waals surface area contributed by atoms with Crippen LogP contribution in [0, 0.1) is 20.8 Å². The van der Waals surface area contributed by atoms with E-state index in [1.807, 2.05) is 48.5 Å². The van der Waals surface area contributed by atoms with Gasteiger partial charge in [0.2, 0.25) is 0 Å². The molecule has 0 aromatic heterocycles. The zero-order valence-corrected chi connectivity index (χ0v) is 31.0. The molecule has 3 aromatic rings. The van der Waals surface area contributed by atoms with Gasteiger partial charge in [-0.1, -0.05) is 53.1 Å². The van der Waals surface area contributed by atoms with Crippen molar-refractivity contribution in [1.29, 1.82) is 0 Å². The lowest BCUT2D eigenvalue weighted by atomic mass is 9.97. The summed E-state index contributed by atoms with van der Waals surface area (Å²) in [4.78, 5) is 40.9. The monoisotopic (exact) mass is 709 g/mol. The van der Waals surface area contributed by atoms with E-state index in [4.69, 9.17) is 32.7 Å². The van der Waals surface area contributed by atoms with Crippen LogP contribution in [-0.4, -0.2) is 86.2 Å². The second-order valence-electron chi connectivity index (χ2n) is 12.8. The Morgan fingerprint density at radius 2 is 1.02 bits per heavy atom. The van der Waals surface area contributed by atoms with Gasteiger partial charge in [-0.3, -0.25) is 0 Å². The molecule has 1 aliphatic heterocycles. The molecule has 6 atom stereocenters. The minimum atomic E-state index is -1.58. The second-order valence-corrected chi connectivity index (χ2v) is 14.3.